The van der Waals surface area contributed by atoms with Crippen molar-refractivity contribution in [2.24, 2.45) is 5.41 Å². The van der Waals surface area contributed by atoms with Crippen molar-refractivity contribution in [3.63, 3.8) is 0 Å². The van der Waals surface area contributed by atoms with Crippen LogP contribution in [0, 0.1) is 5.41 Å². The molecule has 0 radical (unpaired) electrons. The lowest BCUT2D eigenvalue weighted by atomic mass is 9.91. The summed E-state index contributed by atoms with van der Waals surface area (Å²) in [5.41, 5.74) is -0.0104. The van der Waals surface area contributed by atoms with Gasteiger partial charge in [0.1, 0.15) is 0 Å². The Morgan fingerprint density at radius 1 is 1.33 bits per heavy atom. The number of carbonyl (C=O) groups is 2. The van der Waals surface area contributed by atoms with Gasteiger partial charge in [-0.1, -0.05) is 20.8 Å². The monoisotopic (exact) mass is 212 g/mol. The van der Waals surface area contributed by atoms with Crippen LogP contribution in [0.5, 0.6) is 0 Å². The molecule has 0 aromatic heterocycles. The van der Waals surface area contributed by atoms with Crippen LogP contribution in [-0.2, 0) is 9.59 Å². The summed E-state index contributed by atoms with van der Waals surface area (Å²) in [7, 11) is 1.77. The molecular weight excluding hydrogens is 192 g/mol. The number of carbonyl (C=O) groups excluding carboxylic acids is 2. The van der Waals surface area contributed by atoms with E-state index in [4.69, 9.17) is 0 Å². The maximum Gasteiger partial charge on any atom is 0.241 e. The van der Waals surface area contributed by atoms with Gasteiger partial charge in [0.15, 0.2) is 0 Å². The van der Waals surface area contributed by atoms with Crippen molar-refractivity contribution in [1.82, 2.24) is 9.80 Å². The van der Waals surface area contributed by atoms with Crippen LogP contribution in [0.3, 0.4) is 0 Å². The number of hydrogen-bond donors (Lipinski definition) is 0. The van der Waals surface area contributed by atoms with Crippen LogP contribution in [0.1, 0.15) is 27.2 Å². The van der Waals surface area contributed by atoms with Gasteiger partial charge in [-0.25, -0.2) is 0 Å². The Hall–Kier alpha value is -1.06. The fraction of sp³-hybridized carbons (Fsp3) is 0.818. The Bertz CT molecular complexity index is 268. The van der Waals surface area contributed by atoms with Crippen molar-refractivity contribution < 1.29 is 9.59 Å². The third-order valence-corrected chi connectivity index (χ3v) is 2.49. The molecule has 1 saturated heterocycles. The zero-order chi connectivity index (χ0) is 11.6. The standard InChI is InChI=1S/C11H20N2O2/c1-11(2,3)7-9(14)13-6-5-12(4)10(15)8-13/h5-8H2,1-4H3. The van der Waals surface area contributed by atoms with E-state index in [1.165, 1.54) is 0 Å². The summed E-state index contributed by atoms with van der Waals surface area (Å²) in [5.74, 6) is 0.118. The zero-order valence-corrected chi connectivity index (χ0v) is 10.0. The summed E-state index contributed by atoms with van der Waals surface area (Å²) in [6, 6.07) is 0. The molecule has 1 fully saturated rings. The molecule has 86 valence electrons. The molecule has 0 unspecified atom stereocenters. The first-order chi connectivity index (χ1) is 6.79. The van der Waals surface area contributed by atoms with E-state index in [1.54, 1.807) is 16.8 Å². The molecular formula is C11H20N2O2. The van der Waals surface area contributed by atoms with Crippen LogP contribution in [0.4, 0.5) is 0 Å². The van der Waals surface area contributed by atoms with Gasteiger partial charge >= 0.3 is 0 Å². The summed E-state index contributed by atoms with van der Waals surface area (Å²) in [5, 5.41) is 0. The van der Waals surface area contributed by atoms with Gasteiger partial charge in [0.05, 0.1) is 6.54 Å². The Balaban J connectivity index is 2.52. The van der Waals surface area contributed by atoms with E-state index in [9.17, 15) is 9.59 Å². The minimum Gasteiger partial charge on any atom is -0.342 e. The van der Waals surface area contributed by atoms with Gasteiger partial charge in [0.25, 0.3) is 0 Å². The molecule has 0 spiro atoms. The van der Waals surface area contributed by atoms with Crippen molar-refractivity contribution in [3.8, 4) is 0 Å². The van der Waals surface area contributed by atoms with E-state index in [-0.39, 0.29) is 23.8 Å². The second-order valence-corrected chi connectivity index (χ2v) is 5.37. The second-order valence-electron chi connectivity index (χ2n) is 5.37. The van der Waals surface area contributed by atoms with E-state index in [0.717, 1.165) is 0 Å². The van der Waals surface area contributed by atoms with Crippen molar-refractivity contribution in [3.05, 3.63) is 0 Å². The van der Waals surface area contributed by atoms with E-state index < -0.39 is 0 Å². The number of amides is 2. The topological polar surface area (TPSA) is 40.6 Å². The number of nitrogens with zero attached hydrogens (tertiary/aromatic N) is 2. The lowest BCUT2D eigenvalue weighted by Crippen LogP contribution is -2.51. The molecule has 1 heterocycles. The molecule has 0 bridgehead atoms. The van der Waals surface area contributed by atoms with Gasteiger partial charge in [-0.2, -0.15) is 0 Å². The average Bonchev–Trinajstić information content (AvgIpc) is 2.06. The van der Waals surface area contributed by atoms with Crippen LogP contribution < -0.4 is 0 Å². The summed E-state index contributed by atoms with van der Waals surface area (Å²) < 4.78 is 0. The SMILES string of the molecule is CN1CCN(C(=O)CC(C)(C)C)CC1=O. The first kappa shape index (κ1) is 12.0. The predicted octanol–water partition coefficient (Wildman–Crippen LogP) is 0.723. The van der Waals surface area contributed by atoms with Gasteiger partial charge in [-0.05, 0) is 5.41 Å². The quantitative estimate of drug-likeness (QED) is 0.642. The summed E-state index contributed by atoms with van der Waals surface area (Å²) in [6.07, 6.45) is 0.504. The molecule has 1 aliphatic rings. The molecule has 0 aromatic rings. The first-order valence-corrected chi connectivity index (χ1v) is 5.31. The highest BCUT2D eigenvalue weighted by atomic mass is 16.2. The fourth-order valence-corrected chi connectivity index (χ4v) is 1.54. The molecule has 0 N–H and O–H groups in total. The molecule has 0 aliphatic carbocycles. The molecule has 0 atom stereocenters. The van der Waals surface area contributed by atoms with Gasteiger partial charge in [-0.15, -0.1) is 0 Å². The summed E-state index contributed by atoms with van der Waals surface area (Å²) >= 11 is 0. The predicted molar refractivity (Wildman–Crippen MR) is 58.3 cm³/mol. The van der Waals surface area contributed by atoms with E-state index in [2.05, 4.69) is 0 Å². The highest BCUT2D eigenvalue weighted by molar-refractivity contribution is 5.86. The van der Waals surface area contributed by atoms with Gasteiger partial charge in [0.2, 0.25) is 11.8 Å². The number of piperazine rings is 1. The lowest BCUT2D eigenvalue weighted by molar-refractivity contribution is -0.145. The maximum absolute atomic E-state index is 11.8. The Labute approximate surface area is 91.2 Å². The summed E-state index contributed by atoms with van der Waals surface area (Å²) in [6.45, 7) is 7.64. The molecule has 4 nitrogen and oxygen atoms in total. The smallest absolute Gasteiger partial charge is 0.241 e. The number of hydrogen-bond acceptors (Lipinski definition) is 2. The Morgan fingerprint density at radius 3 is 2.40 bits per heavy atom. The van der Waals surface area contributed by atoms with Crippen LogP contribution in [0.2, 0.25) is 0 Å². The van der Waals surface area contributed by atoms with Crippen LogP contribution in [-0.4, -0.2) is 48.3 Å². The Morgan fingerprint density at radius 2 is 1.93 bits per heavy atom. The normalized spacial score (nSPS) is 18.3. The van der Waals surface area contributed by atoms with E-state index in [0.29, 0.717) is 19.5 Å². The average molecular weight is 212 g/mol. The molecule has 2 amide bonds. The summed E-state index contributed by atoms with van der Waals surface area (Å²) in [4.78, 5) is 26.6. The lowest BCUT2D eigenvalue weighted by Gasteiger charge is -2.33. The second kappa shape index (κ2) is 4.21. The highest BCUT2D eigenvalue weighted by Crippen LogP contribution is 2.20. The molecule has 0 saturated carbocycles. The minimum absolute atomic E-state index is 0.0104. The van der Waals surface area contributed by atoms with Gasteiger partial charge in [0, 0.05) is 26.6 Å². The zero-order valence-electron chi connectivity index (χ0n) is 10.0. The molecule has 15 heavy (non-hydrogen) atoms. The highest BCUT2D eigenvalue weighted by Gasteiger charge is 2.27. The molecule has 4 heteroatoms. The maximum atomic E-state index is 11.8. The number of rotatable bonds is 1. The van der Waals surface area contributed by atoms with Gasteiger partial charge < -0.3 is 9.80 Å². The minimum atomic E-state index is -0.0104. The first-order valence-electron chi connectivity index (χ1n) is 5.31. The number of likely N-dealkylation sites (N-methyl/N-ethyl adjacent to an activating group) is 1. The van der Waals surface area contributed by atoms with E-state index >= 15 is 0 Å². The third-order valence-electron chi connectivity index (χ3n) is 2.49. The largest absolute Gasteiger partial charge is 0.342 e. The van der Waals surface area contributed by atoms with Crippen molar-refractivity contribution >= 4 is 11.8 Å². The molecule has 1 aliphatic heterocycles. The molecule has 0 aromatic carbocycles. The Kier molecular flexibility index (Phi) is 3.37. The van der Waals surface area contributed by atoms with Crippen LogP contribution >= 0.6 is 0 Å². The van der Waals surface area contributed by atoms with Crippen LogP contribution in [0.15, 0.2) is 0 Å². The van der Waals surface area contributed by atoms with Crippen LogP contribution in [0.25, 0.3) is 0 Å². The fourth-order valence-electron chi connectivity index (χ4n) is 1.54. The third kappa shape index (κ3) is 3.53. The van der Waals surface area contributed by atoms with Gasteiger partial charge in [-0.3, -0.25) is 9.59 Å². The van der Waals surface area contributed by atoms with Crippen molar-refractivity contribution in [2.75, 3.05) is 26.7 Å². The molecule has 1 rings (SSSR count). The van der Waals surface area contributed by atoms with Crippen molar-refractivity contribution in [2.45, 2.75) is 27.2 Å². The van der Waals surface area contributed by atoms with E-state index in [1.807, 2.05) is 20.8 Å². The van der Waals surface area contributed by atoms with Crippen molar-refractivity contribution in [1.29, 1.82) is 0 Å².